The van der Waals surface area contributed by atoms with E-state index in [1.54, 1.807) is 0 Å². The summed E-state index contributed by atoms with van der Waals surface area (Å²) in [5.41, 5.74) is 5.26. The predicted molar refractivity (Wildman–Crippen MR) is 144 cm³/mol. The summed E-state index contributed by atoms with van der Waals surface area (Å²) in [4.78, 5) is 31.2. The molecule has 0 amide bonds. The Morgan fingerprint density at radius 1 is 1.14 bits per heavy atom. The van der Waals surface area contributed by atoms with E-state index in [1.165, 1.54) is 56.9 Å². The lowest BCUT2D eigenvalue weighted by atomic mass is 9.95. The highest BCUT2D eigenvalue weighted by atomic mass is 16.5. The van der Waals surface area contributed by atoms with Gasteiger partial charge in [-0.2, -0.15) is 0 Å². The van der Waals surface area contributed by atoms with E-state index in [4.69, 9.17) is 9.78 Å². The molecule has 7 nitrogen and oxygen atoms in total. The molecular weight excluding hydrogens is 454 g/mol. The van der Waals surface area contributed by atoms with Crippen molar-refractivity contribution in [1.82, 2.24) is 9.97 Å². The highest BCUT2D eigenvalue weighted by Crippen LogP contribution is 2.34. The van der Waals surface area contributed by atoms with Gasteiger partial charge < -0.3 is 19.7 Å². The van der Waals surface area contributed by atoms with Crippen LogP contribution >= 0.6 is 0 Å². The lowest BCUT2D eigenvalue weighted by Crippen LogP contribution is -2.33. The second-order valence-corrected chi connectivity index (χ2v) is 9.60. The van der Waals surface area contributed by atoms with Crippen molar-refractivity contribution in [3.05, 3.63) is 59.4 Å². The highest BCUT2D eigenvalue weighted by Gasteiger charge is 2.25. The first-order chi connectivity index (χ1) is 17.5. The van der Waals surface area contributed by atoms with Gasteiger partial charge in [0.1, 0.15) is 5.82 Å². The molecule has 2 aliphatic rings. The van der Waals surface area contributed by atoms with Crippen molar-refractivity contribution in [3.8, 4) is 0 Å². The Labute approximate surface area is 213 Å². The molecule has 2 heterocycles. The molecule has 7 heteroatoms. The van der Waals surface area contributed by atoms with Crippen LogP contribution < -0.4 is 4.90 Å². The van der Waals surface area contributed by atoms with Gasteiger partial charge in [0.2, 0.25) is 0 Å². The molecular formula is C29H39N3O4. The van der Waals surface area contributed by atoms with Crippen LogP contribution in [-0.2, 0) is 27.2 Å². The van der Waals surface area contributed by atoms with Gasteiger partial charge in [-0.25, -0.2) is 4.98 Å². The van der Waals surface area contributed by atoms with Crippen molar-refractivity contribution in [2.24, 2.45) is 0 Å². The summed E-state index contributed by atoms with van der Waals surface area (Å²) < 4.78 is 3.86. The first-order valence-corrected chi connectivity index (χ1v) is 12.9. The van der Waals surface area contributed by atoms with E-state index in [9.17, 15) is 9.90 Å². The minimum Gasteiger partial charge on any atom is -0.481 e. The number of carbonyl (C=O) groups is 2. The van der Waals surface area contributed by atoms with Gasteiger partial charge in [0.05, 0.1) is 24.1 Å². The van der Waals surface area contributed by atoms with Gasteiger partial charge in [-0.05, 0) is 37.5 Å². The van der Waals surface area contributed by atoms with Crippen LogP contribution in [0.3, 0.4) is 0 Å². The van der Waals surface area contributed by atoms with Crippen molar-refractivity contribution in [3.63, 3.8) is 0 Å². The van der Waals surface area contributed by atoms with Crippen LogP contribution in [0.2, 0.25) is 0 Å². The van der Waals surface area contributed by atoms with Gasteiger partial charge in [0, 0.05) is 30.8 Å². The number of carbonyl (C=O) groups excluding carboxylic acids is 1. The van der Waals surface area contributed by atoms with Crippen LogP contribution in [-0.4, -0.2) is 47.7 Å². The van der Waals surface area contributed by atoms with Gasteiger partial charge in [-0.15, -0.1) is 0 Å². The fourth-order valence-electron chi connectivity index (χ4n) is 4.92. The number of aromatic amines is 1. The number of carboxylic acid groups (broad SMARTS) is 1. The maximum Gasteiger partial charge on any atom is 0.311 e. The van der Waals surface area contributed by atoms with E-state index >= 15 is 0 Å². The number of aromatic nitrogens is 2. The number of ether oxygens (including phenoxy) is 1. The maximum absolute atomic E-state index is 11.8. The molecule has 2 N–H and O–H groups in total. The van der Waals surface area contributed by atoms with E-state index in [1.807, 2.05) is 30.3 Å². The molecule has 0 radical (unpaired) electrons. The number of H-pyrrole nitrogens is 1. The second kappa shape index (κ2) is 13.7. The third-order valence-corrected chi connectivity index (χ3v) is 7.13. The van der Waals surface area contributed by atoms with Crippen LogP contribution in [0, 0.1) is 0 Å². The standard InChI is InChI=1S/C21H23N3O2.C6H12.C2H4O2/c1-13-8-9-15-18(24(13)2)11-10-17-20(15)23-19(22-17)12-16(21(25)26)14-6-4-3-5-7-14;1-2-4-6-5-3-1;1-4-2-3/h3-7,10-11,13,16H,8-9,12H2,1-2H3,(H,22,23)(H,25,26);1-6H2;2H,1H3. The van der Waals surface area contributed by atoms with Crippen molar-refractivity contribution in [2.75, 3.05) is 19.1 Å². The third-order valence-electron chi connectivity index (χ3n) is 7.13. The minimum atomic E-state index is -0.827. The summed E-state index contributed by atoms with van der Waals surface area (Å²) in [7, 11) is 3.44. The van der Waals surface area contributed by atoms with E-state index in [2.05, 4.69) is 40.7 Å². The van der Waals surface area contributed by atoms with Crippen LogP contribution in [0.25, 0.3) is 11.0 Å². The molecule has 2 aromatic carbocycles. The predicted octanol–water partition coefficient (Wildman–Crippen LogP) is 5.87. The van der Waals surface area contributed by atoms with E-state index in [0.717, 1.165) is 35.3 Å². The molecule has 1 fully saturated rings. The molecule has 2 unspecified atom stereocenters. The topological polar surface area (TPSA) is 95.5 Å². The average Bonchev–Trinajstić information content (AvgIpc) is 3.34. The summed E-state index contributed by atoms with van der Waals surface area (Å²) in [5.74, 6) is -0.701. The first kappa shape index (κ1) is 27.2. The lowest BCUT2D eigenvalue weighted by molar-refractivity contribution is -0.138. The number of benzene rings is 2. The number of rotatable bonds is 5. The van der Waals surface area contributed by atoms with Crippen molar-refractivity contribution >= 4 is 29.2 Å². The number of nitrogens with one attached hydrogen (secondary N) is 1. The zero-order valence-electron chi connectivity index (χ0n) is 21.7. The molecule has 1 aromatic heterocycles. The Bertz CT molecular complexity index is 1100. The molecule has 0 spiro atoms. The fraction of sp³-hybridized carbons (Fsp3) is 0.483. The maximum atomic E-state index is 11.8. The molecule has 2 atom stereocenters. The molecule has 1 aliphatic heterocycles. The Hall–Kier alpha value is -3.35. The number of carboxylic acids is 1. The molecule has 3 aromatic rings. The summed E-state index contributed by atoms with van der Waals surface area (Å²) in [5, 5.41) is 9.67. The van der Waals surface area contributed by atoms with Crippen LogP contribution in [0.4, 0.5) is 5.69 Å². The number of aliphatic carboxylic acids is 1. The lowest BCUT2D eigenvalue weighted by Gasteiger charge is -2.33. The van der Waals surface area contributed by atoms with Gasteiger partial charge in [-0.3, -0.25) is 9.59 Å². The van der Waals surface area contributed by atoms with Crippen molar-refractivity contribution < 1.29 is 19.4 Å². The number of fused-ring (bicyclic) bond motifs is 3. The second-order valence-electron chi connectivity index (χ2n) is 9.60. The summed E-state index contributed by atoms with van der Waals surface area (Å²) in [6, 6.07) is 14.1. The number of aryl methyl sites for hydroxylation is 1. The Kier molecular flexibility index (Phi) is 10.3. The summed E-state index contributed by atoms with van der Waals surface area (Å²) >= 11 is 0. The largest absolute Gasteiger partial charge is 0.481 e. The molecule has 1 aliphatic carbocycles. The van der Waals surface area contributed by atoms with E-state index in [0.29, 0.717) is 18.9 Å². The number of nitrogens with zero attached hydrogens (tertiary/aromatic N) is 2. The monoisotopic (exact) mass is 493 g/mol. The van der Waals surface area contributed by atoms with Gasteiger partial charge in [-0.1, -0.05) is 68.9 Å². The zero-order valence-corrected chi connectivity index (χ0v) is 21.7. The number of imidazole rings is 1. The fourth-order valence-corrected chi connectivity index (χ4v) is 4.92. The molecule has 5 rings (SSSR count). The normalized spacial score (nSPS) is 17.5. The molecule has 194 valence electrons. The van der Waals surface area contributed by atoms with Gasteiger partial charge >= 0.3 is 5.97 Å². The van der Waals surface area contributed by atoms with Gasteiger partial charge in [0.15, 0.2) is 0 Å². The molecule has 1 saturated carbocycles. The summed E-state index contributed by atoms with van der Waals surface area (Å²) in [6.45, 7) is 2.61. The number of hydrogen-bond donors (Lipinski definition) is 2. The molecule has 0 saturated heterocycles. The third kappa shape index (κ3) is 7.09. The van der Waals surface area contributed by atoms with Crippen molar-refractivity contribution in [2.45, 2.75) is 76.7 Å². The molecule has 0 bridgehead atoms. The number of methoxy groups -OCH3 is 1. The highest BCUT2D eigenvalue weighted by molar-refractivity contribution is 5.86. The van der Waals surface area contributed by atoms with Crippen LogP contribution in [0.1, 0.15) is 74.7 Å². The quantitative estimate of drug-likeness (QED) is 0.431. The first-order valence-electron chi connectivity index (χ1n) is 12.9. The van der Waals surface area contributed by atoms with E-state index < -0.39 is 11.9 Å². The number of hydrogen-bond acceptors (Lipinski definition) is 5. The van der Waals surface area contributed by atoms with Crippen LogP contribution in [0.15, 0.2) is 42.5 Å². The molecule has 36 heavy (non-hydrogen) atoms. The Balaban J connectivity index is 0.000000303. The van der Waals surface area contributed by atoms with Gasteiger partial charge in [0.25, 0.3) is 6.47 Å². The minimum absolute atomic E-state index is 0.356. The van der Waals surface area contributed by atoms with Crippen molar-refractivity contribution in [1.29, 1.82) is 0 Å². The number of anilines is 1. The van der Waals surface area contributed by atoms with E-state index in [-0.39, 0.29) is 0 Å². The smallest absolute Gasteiger partial charge is 0.311 e. The Morgan fingerprint density at radius 2 is 1.75 bits per heavy atom. The average molecular weight is 494 g/mol. The summed E-state index contributed by atoms with van der Waals surface area (Å²) in [6.07, 6.45) is 11.5. The zero-order chi connectivity index (χ0) is 25.9. The Morgan fingerprint density at radius 3 is 2.31 bits per heavy atom. The SMILES string of the molecule is C1CCCCC1.CC1CCc2c(ccc3[nH]c(CC(C(=O)O)c4ccccc4)nc23)N1C.COC=O. The van der Waals surface area contributed by atoms with Crippen LogP contribution in [0.5, 0.6) is 0 Å².